The third-order valence-corrected chi connectivity index (χ3v) is 3.75. The maximum atomic E-state index is 12.9. The maximum Gasteiger partial charge on any atom is 0.240 e. The molecule has 114 valence electrons. The molecule has 1 saturated heterocycles. The van der Waals surface area contributed by atoms with Gasteiger partial charge in [-0.15, -0.1) is 0 Å². The van der Waals surface area contributed by atoms with Gasteiger partial charge in [0.1, 0.15) is 5.82 Å². The molecule has 1 aromatic rings. The smallest absolute Gasteiger partial charge is 0.240 e. The number of halogens is 1. The molecule has 0 aromatic heterocycles. The highest BCUT2D eigenvalue weighted by molar-refractivity contribution is 5.85. The van der Waals surface area contributed by atoms with E-state index >= 15 is 0 Å². The summed E-state index contributed by atoms with van der Waals surface area (Å²) in [6, 6.07) is 5.83. The lowest BCUT2D eigenvalue weighted by molar-refractivity contribution is -0.135. The van der Waals surface area contributed by atoms with Gasteiger partial charge in [-0.2, -0.15) is 0 Å². The number of nitrogens with zero attached hydrogens (tertiary/aromatic N) is 1. The van der Waals surface area contributed by atoms with E-state index in [0.29, 0.717) is 13.0 Å². The standard InChI is InChI=1S/C16H21FN2O2/c1-12(13-6-8-14(17)9-7-13)18-15(20)11-19-10-4-2-3-5-16(19)21/h6-9,12H,2-5,10-11H2,1H3,(H,18,20)/t12-/m0/s1. The van der Waals surface area contributed by atoms with Crippen molar-refractivity contribution in [2.75, 3.05) is 13.1 Å². The predicted octanol–water partition coefficient (Wildman–Crippen LogP) is 2.41. The largest absolute Gasteiger partial charge is 0.348 e. The highest BCUT2D eigenvalue weighted by Crippen LogP contribution is 2.14. The first kappa shape index (κ1) is 15.5. The summed E-state index contributed by atoms with van der Waals surface area (Å²) in [5, 5.41) is 2.85. The van der Waals surface area contributed by atoms with Crippen LogP contribution in [-0.4, -0.2) is 29.8 Å². The molecular formula is C16H21FN2O2. The zero-order valence-corrected chi connectivity index (χ0v) is 12.3. The molecule has 1 heterocycles. The van der Waals surface area contributed by atoms with Crippen molar-refractivity contribution >= 4 is 11.8 Å². The van der Waals surface area contributed by atoms with Gasteiger partial charge in [-0.1, -0.05) is 18.6 Å². The monoisotopic (exact) mass is 292 g/mol. The van der Waals surface area contributed by atoms with Crippen molar-refractivity contribution in [3.05, 3.63) is 35.6 Å². The molecule has 2 amide bonds. The fourth-order valence-electron chi connectivity index (χ4n) is 2.50. The highest BCUT2D eigenvalue weighted by atomic mass is 19.1. The summed E-state index contributed by atoms with van der Waals surface area (Å²) in [5.74, 6) is -0.424. The summed E-state index contributed by atoms with van der Waals surface area (Å²) in [6.07, 6.45) is 3.42. The van der Waals surface area contributed by atoms with E-state index in [2.05, 4.69) is 5.32 Å². The van der Waals surface area contributed by atoms with Crippen LogP contribution in [0.25, 0.3) is 0 Å². The van der Waals surface area contributed by atoms with E-state index in [1.165, 1.54) is 12.1 Å². The third kappa shape index (κ3) is 4.55. The summed E-state index contributed by atoms with van der Waals surface area (Å²) in [6.45, 7) is 2.59. The summed E-state index contributed by atoms with van der Waals surface area (Å²) in [5.41, 5.74) is 0.840. The Morgan fingerprint density at radius 1 is 1.29 bits per heavy atom. The third-order valence-electron chi connectivity index (χ3n) is 3.75. The van der Waals surface area contributed by atoms with Crippen LogP contribution < -0.4 is 5.32 Å². The van der Waals surface area contributed by atoms with E-state index in [1.54, 1.807) is 17.0 Å². The van der Waals surface area contributed by atoms with Gasteiger partial charge in [-0.05, 0) is 37.5 Å². The number of hydrogen-bond donors (Lipinski definition) is 1. The van der Waals surface area contributed by atoms with Crippen LogP contribution in [0.3, 0.4) is 0 Å². The van der Waals surface area contributed by atoms with Gasteiger partial charge in [0.2, 0.25) is 11.8 Å². The van der Waals surface area contributed by atoms with Crippen LogP contribution in [-0.2, 0) is 9.59 Å². The normalized spacial score (nSPS) is 17.2. The van der Waals surface area contributed by atoms with Crippen molar-refractivity contribution in [2.24, 2.45) is 0 Å². The van der Waals surface area contributed by atoms with Crippen molar-refractivity contribution < 1.29 is 14.0 Å². The van der Waals surface area contributed by atoms with E-state index in [-0.39, 0.29) is 30.2 Å². The number of rotatable bonds is 4. The molecule has 0 unspecified atom stereocenters. The van der Waals surface area contributed by atoms with Gasteiger partial charge in [0.25, 0.3) is 0 Å². The lowest BCUT2D eigenvalue weighted by Gasteiger charge is -2.21. The molecule has 0 saturated carbocycles. The van der Waals surface area contributed by atoms with Crippen molar-refractivity contribution in [1.29, 1.82) is 0 Å². The molecule has 0 bridgehead atoms. The Hall–Kier alpha value is -1.91. The maximum absolute atomic E-state index is 12.9. The summed E-state index contributed by atoms with van der Waals surface area (Å²) in [7, 11) is 0. The minimum absolute atomic E-state index is 0.0529. The van der Waals surface area contributed by atoms with E-state index in [4.69, 9.17) is 0 Å². The van der Waals surface area contributed by atoms with Gasteiger partial charge >= 0.3 is 0 Å². The molecular weight excluding hydrogens is 271 g/mol. The van der Waals surface area contributed by atoms with Gasteiger partial charge in [-0.3, -0.25) is 9.59 Å². The molecule has 1 fully saturated rings. The number of amides is 2. The van der Waals surface area contributed by atoms with E-state index in [0.717, 1.165) is 24.8 Å². The van der Waals surface area contributed by atoms with Crippen molar-refractivity contribution in [1.82, 2.24) is 10.2 Å². The quantitative estimate of drug-likeness (QED) is 0.926. The van der Waals surface area contributed by atoms with E-state index in [9.17, 15) is 14.0 Å². The summed E-state index contributed by atoms with van der Waals surface area (Å²) < 4.78 is 12.9. The number of likely N-dealkylation sites (tertiary alicyclic amines) is 1. The fraction of sp³-hybridized carbons (Fsp3) is 0.500. The summed E-state index contributed by atoms with van der Waals surface area (Å²) in [4.78, 5) is 25.5. The Labute approximate surface area is 124 Å². The number of carbonyl (C=O) groups is 2. The molecule has 1 aliphatic heterocycles. The molecule has 21 heavy (non-hydrogen) atoms. The number of benzene rings is 1. The molecule has 0 radical (unpaired) electrons. The Bertz CT molecular complexity index is 502. The first-order chi connectivity index (χ1) is 10.1. The predicted molar refractivity (Wildman–Crippen MR) is 78.0 cm³/mol. The zero-order valence-electron chi connectivity index (χ0n) is 12.3. The molecule has 0 spiro atoms. The molecule has 1 N–H and O–H groups in total. The van der Waals surface area contributed by atoms with Crippen LogP contribution in [0, 0.1) is 5.82 Å². The summed E-state index contributed by atoms with van der Waals surface area (Å²) >= 11 is 0. The van der Waals surface area contributed by atoms with Crippen LogP contribution in [0.2, 0.25) is 0 Å². The van der Waals surface area contributed by atoms with E-state index < -0.39 is 0 Å². The van der Waals surface area contributed by atoms with Crippen molar-refractivity contribution in [2.45, 2.75) is 38.6 Å². The second kappa shape index (κ2) is 7.20. The van der Waals surface area contributed by atoms with Gasteiger partial charge in [0, 0.05) is 13.0 Å². The van der Waals surface area contributed by atoms with Crippen molar-refractivity contribution in [3.8, 4) is 0 Å². The molecule has 2 rings (SSSR count). The average molecular weight is 292 g/mol. The SMILES string of the molecule is C[C@H](NC(=O)CN1CCCCCC1=O)c1ccc(F)cc1. The lowest BCUT2D eigenvalue weighted by atomic mass is 10.1. The first-order valence-corrected chi connectivity index (χ1v) is 7.39. The number of carbonyl (C=O) groups excluding carboxylic acids is 2. The topological polar surface area (TPSA) is 49.4 Å². The Kier molecular flexibility index (Phi) is 5.31. The minimum atomic E-state index is -0.299. The van der Waals surface area contributed by atoms with Gasteiger partial charge in [-0.25, -0.2) is 4.39 Å². The molecule has 1 aliphatic rings. The van der Waals surface area contributed by atoms with Crippen LogP contribution in [0.15, 0.2) is 24.3 Å². The van der Waals surface area contributed by atoms with Crippen LogP contribution >= 0.6 is 0 Å². The van der Waals surface area contributed by atoms with Gasteiger partial charge in [0.15, 0.2) is 0 Å². The Balaban J connectivity index is 1.88. The lowest BCUT2D eigenvalue weighted by Crippen LogP contribution is -2.41. The van der Waals surface area contributed by atoms with Crippen molar-refractivity contribution in [3.63, 3.8) is 0 Å². The fourth-order valence-corrected chi connectivity index (χ4v) is 2.50. The molecule has 1 atom stereocenters. The second-order valence-corrected chi connectivity index (χ2v) is 5.47. The minimum Gasteiger partial charge on any atom is -0.348 e. The first-order valence-electron chi connectivity index (χ1n) is 7.39. The van der Waals surface area contributed by atoms with Gasteiger partial charge in [0.05, 0.1) is 12.6 Å². The highest BCUT2D eigenvalue weighted by Gasteiger charge is 2.20. The second-order valence-electron chi connectivity index (χ2n) is 5.47. The molecule has 5 heteroatoms. The molecule has 0 aliphatic carbocycles. The number of hydrogen-bond acceptors (Lipinski definition) is 2. The van der Waals surface area contributed by atoms with Crippen LogP contribution in [0.5, 0.6) is 0 Å². The molecule has 1 aromatic carbocycles. The van der Waals surface area contributed by atoms with Crippen LogP contribution in [0.4, 0.5) is 4.39 Å². The van der Waals surface area contributed by atoms with Crippen LogP contribution in [0.1, 0.15) is 44.2 Å². The zero-order chi connectivity index (χ0) is 15.2. The molecule has 4 nitrogen and oxygen atoms in total. The van der Waals surface area contributed by atoms with Gasteiger partial charge < -0.3 is 10.2 Å². The Morgan fingerprint density at radius 3 is 2.71 bits per heavy atom. The average Bonchev–Trinajstić information content (AvgIpc) is 2.65. The number of nitrogens with one attached hydrogen (secondary N) is 1. The van der Waals surface area contributed by atoms with E-state index in [1.807, 2.05) is 6.92 Å². The Morgan fingerprint density at radius 2 is 2.00 bits per heavy atom.